The molecule has 86 valence electrons. The fourth-order valence-corrected chi connectivity index (χ4v) is 2.18. The minimum atomic E-state index is -0.566. The Labute approximate surface area is 104 Å². The third-order valence-corrected chi connectivity index (χ3v) is 2.77. The molecule has 0 unspecified atom stereocenters. The molecule has 1 aliphatic heterocycles. The maximum absolute atomic E-state index is 11.6. The Bertz CT molecular complexity index is 458. The molecule has 0 spiro atoms. The SMILES string of the molecule is CC1(C)CC(=O)Nc2c(Cl)cc(Cl)cc2O1. The van der Waals surface area contributed by atoms with Gasteiger partial charge in [-0.1, -0.05) is 23.2 Å². The zero-order valence-corrected chi connectivity index (χ0v) is 10.4. The van der Waals surface area contributed by atoms with Crippen molar-refractivity contribution in [1.29, 1.82) is 0 Å². The predicted octanol–water partition coefficient (Wildman–Crippen LogP) is 3.49. The van der Waals surface area contributed by atoms with Crippen LogP contribution in [0.15, 0.2) is 12.1 Å². The molecule has 0 bridgehead atoms. The average Bonchev–Trinajstić information content (AvgIpc) is 2.19. The summed E-state index contributed by atoms with van der Waals surface area (Å²) >= 11 is 11.9. The highest BCUT2D eigenvalue weighted by Crippen LogP contribution is 2.40. The van der Waals surface area contributed by atoms with E-state index in [9.17, 15) is 4.79 Å². The van der Waals surface area contributed by atoms with E-state index in [1.165, 1.54) is 0 Å². The Kier molecular flexibility index (Phi) is 2.76. The van der Waals surface area contributed by atoms with E-state index < -0.39 is 5.60 Å². The Morgan fingerprint density at radius 3 is 2.75 bits per heavy atom. The van der Waals surface area contributed by atoms with Crippen LogP contribution in [0.25, 0.3) is 0 Å². The van der Waals surface area contributed by atoms with Gasteiger partial charge in [0.15, 0.2) is 0 Å². The summed E-state index contributed by atoms with van der Waals surface area (Å²) in [6, 6.07) is 3.22. The van der Waals surface area contributed by atoms with Crippen LogP contribution in [0, 0.1) is 0 Å². The summed E-state index contributed by atoms with van der Waals surface area (Å²) in [6.45, 7) is 3.69. The molecule has 1 aliphatic rings. The molecule has 1 amide bonds. The first-order valence-corrected chi connectivity index (χ1v) is 5.61. The molecular formula is C11H11Cl2NO2. The number of anilines is 1. The van der Waals surface area contributed by atoms with Crippen molar-refractivity contribution >= 4 is 34.8 Å². The standard InChI is InChI=1S/C11H11Cl2NO2/c1-11(2)5-9(15)14-10-7(13)3-6(12)4-8(10)16-11/h3-4H,5H2,1-2H3,(H,14,15). The maximum atomic E-state index is 11.6. The van der Waals surface area contributed by atoms with Gasteiger partial charge in [0.2, 0.25) is 5.91 Å². The van der Waals surface area contributed by atoms with Crippen molar-refractivity contribution in [2.24, 2.45) is 0 Å². The van der Waals surface area contributed by atoms with E-state index in [0.717, 1.165) is 0 Å². The largest absolute Gasteiger partial charge is 0.485 e. The van der Waals surface area contributed by atoms with Crippen LogP contribution in [0.1, 0.15) is 20.3 Å². The Balaban J connectivity index is 2.54. The van der Waals surface area contributed by atoms with E-state index in [-0.39, 0.29) is 12.3 Å². The number of halogens is 2. The topological polar surface area (TPSA) is 38.3 Å². The van der Waals surface area contributed by atoms with Gasteiger partial charge in [0.25, 0.3) is 0 Å². The minimum absolute atomic E-state index is 0.118. The smallest absolute Gasteiger partial charge is 0.228 e. The minimum Gasteiger partial charge on any atom is -0.485 e. The molecule has 0 saturated carbocycles. The van der Waals surface area contributed by atoms with E-state index in [1.807, 2.05) is 13.8 Å². The lowest BCUT2D eigenvalue weighted by molar-refractivity contribution is -0.118. The number of ether oxygens (including phenoxy) is 1. The van der Waals surface area contributed by atoms with E-state index in [0.29, 0.717) is 21.5 Å². The monoisotopic (exact) mass is 259 g/mol. The number of hydrogen-bond donors (Lipinski definition) is 1. The first-order chi connectivity index (χ1) is 7.37. The van der Waals surface area contributed by atoms with Gasteiger partial charge < -0.3 is 10.1 Å². The second kappa shape index (κ2) is 3.82. The lowest BCUT2D eigenvalue weighted by atomic mass is 10.1. The number of fused-ring (bicyclic) bond motifs is 1. The fraction of sp³-hybridized carbons (Fsp3) is 0.364. The third-order valence-electron chi connectivity index (χ3n) is 2.26. The van der Waals surface area contributed by atoms with Crippen LogP contribution >= 0.6 is 23.2 Å². The zero-order valence-electron chi connectivity index (χ0n) is 8.93. The normalized spacial score (nSPS) is 18.1. The molecule has 0 radical (unpaired) electrons. The molecule has 0 fully saturated rings. The van der Waals surface area contributed by atoms with Gasteiger partial charge in [0.1, 0.15) is 17.0 Å². The van der Waals surface area contributed by atoms with Gasteiger partial charge in [0, 0.05) is 11.1 Å². The highest BCUT2D eigenvalue weighted by Gasteiger charge is 2.30. The van der Waals surface area contributed by atoms with Gasteiger partial charge in [-0.15, -0.1) is 0 Å². The molecule has 0 aromatic heterocycles. The number of carbonyl (C=O) groups is 1. The number of nitrogens with one attached hydrogen (secondary N) is 1. The summed E-state index contributed by atoms with van der Waals surface area (Å²) in [4.78, 5) is 11.6. The predicted molar refractivity (Wildman–Crippen MR) is 64.4 cm³/mol. The Hall–Kier alpha value is -0.930. The van der Waals surface area contributed by atoms with Crippen molar-refractivity contribution in [3.8, 4) is 5.75 Å². The molecule has 1 N–H and O–H groups in total. The van der Waals surface area contributed by atoms with Crippen molar-refractivity contribution in [3.63, 3.8) is 0 Å². The second-order valence-electron chi connectivity index (χ2n) is 4.35. The van der Waals surface area contributed by atoms with Gasteiger partial charge in [-0.3, -0.25) is 4.79 Å². The molecular weight excluding hydrogens is 249 g/mol. The molecule has 16 heavy (non-hydrogen) atoms. The first kappa shape index (κ1) is 11.6. The van der Waals surface area contributed by atoms with Gasteiger partial charge in [-0.25, -0.2) is 0 Å². The van der Waals surface area contributed by atoms with Gasteiger partial charge in [-0.2, -0.15) is 0 Å². The summed E-state index contributed by atoms with van der Waals surface area (Å²) in [6.07, 6.45) is 0.273. The Morgan fingerprint density at radius 2 is 2.06 bits per heavy atom. The molecule has 2 rings (SSSR count). The van der Waals surface area contributed by atoms with Crippen LogP contribution in [0.2, 0.25) is 10.0 Å². The number of benzene rings is 1. The molecule has 3 nitrogen and oxygen atoms in total. The first-order valence-electron chi connectivity index (χ1n) is 4.85. The van der Waals surface area contributed by atoms with Crippen LogP contribution in [-0.2, 0) is 4.79 Å². The number of amides is 1. The van der Waals surface area contributed by atoms with E-state index in [2.05, 4.69) is 5.32 Å². The van der Waals surface area contributed by atoms with Crippen LogP contribution in [0.4, 0.5) is 5.69 Å². The summed E-state index contributed by atoms with van der Waals surface area (Å²) in [5, 5.41) is 3.58. The van der Waals surface area contributed by atoms with Crippen LogP contribution in [0.3, 0.4) is 0 Å². The molecule has 1 aromatic carbocycles. The van der Waals surface area contributed by atoms with Gasteiger partial charge in [-0.05, 0) is 19.9 Å². The van der Waals surface area contributed by atoms with Crippen LogP contribution < -0.4 is 10.1 Å². The van der Waals surface area contributed by atoms with Crippen LogP contribution in [0.5, 0.6) is 5.75 Å². The van der Waals surface area contributed by atoms with Crippen molar-refractivity contribution < 1.29 is 9.53 Å². The number of carbonyl (C=O) groups excluding carboxylic acids is 1. The van der Waals surface area contributed by atoms with Gasteiger partial charge >= 0.3 is 0 Å². The molecule has 1 aromatic rings. The molecule has 1 heterocycles. The lowest BCUT2D eigenvalue weighted by Gasteiger charge is -2.23. The van der Waals surface area contributed by atoms with Crippen molar-refractivity contribution in [3.05, 3.63) is 22.2 Å². The quantitative estimate of drug-likeness (QED) is 0.775. The van der Waals surface area contributed by atoms with Crippen LogP contribution in [-0.4, -0.2) is 11.5 Å². The summed E-state index contributed by atoms with van der Waals surface area (Å²) in [7, 11) is 0. The average molecular weight is 260 g/mol. The van der Waals surface area contributed by atoms with Crippen molar-refractivity contribution in [1.82, 2.24) is 0 Å². The number of hydrogen-bond acceptors (Lipinski definition) is 2. The molecule has 0 saturated heterocycles. The van der Waals surface area contributed by atoms with E-state index >= 15 is 0 Å². The van der Waals surface area contributed by atoms with Crippen molar-refractivity contribution in [2.45, 2.75) is 25.9 Å². The zero-order chi connectivity index (χ0) is 11.9. The molecule has 0 atom stereocenters. The summed E-state index contributed by atoms with van der Waals surface area (Å²) in [5.41, 5.74) is -0.0785. The molecule has 0 aliphatic carbocycles. The molecule has 5 heteroatoms. The fourth-order valence-electron chi connectivity index (χ4n) is 1.66. The summed E-state index contributed by atoms with van der Waals surface area (Å²) in [5.74, 6) is 0.390. The second-order valence-corrected chi connectivity index (χ2v) is 5.19. The van der Waals surface area contributed by atoms with E-state index in [4.69, 9.17) is 27.9 Å². The third kappa shape index (κ3) is 2.25. The maximum Gasteiger partial charge on any atom is 0.228 e. The van der Waals surface area contributed by atoms with E-state index in [1.54, 1.807) is 12.1 Å². The Morgan fingerprint density at radius 1 is 1.38 bits per heavy atom. The summed E-state index contributed by atoms with van der Waals surface area (Å²) < 4.78 is 5.72. The highest BCUT2D eigenvalue weighted by atomic mass is 35.5. The van der Waals surface area contributed by atoms with Gasteiger partial charge in [0.05, 0.1) is 11.4 Å². The highest BCUT2D eigenvalue weighted by molar-refractivity contribution is 6.37. The lowest BCUT2D eigenvalue weighted by Crippen LogP contribution is -2.30. The number of rotatable bonds is 0. The van der Waals surface area contributed by atoms with Crippen molar-refractivity contribution in [2.75, 3.05) is 5.32 Å².